The first-order chi connectivity index (χ1) is 9.02. The van der Waals surface area contributed by atoms with Crippen molar-refractivity contribution in [1.82, 2.24) is 9.88 Å². The van der Waals surface area contributed by atoms with Gasteiger partial charge in [0.25, 0.3) is 0 Å². The average Bonchev–Trinajstić information content (AvgIpc) is 2.36. The lowest BCUT2D eigenvalue weighted by Gasteiger charge is -2.17. The molecule has 0 radical (unpaired) electrons. The van der Waals surface area contributed by atoms with Crippen LogP contribution in [0.25, 0.3) is 0 Å². The number of carbonyl (C=O) groups is 1. The third-order valence-electron chi connectivity index (χ3n) is 2.39. The maximum Gasteiger partial charge on any atom is 0.323 e. The van der Waals surface area contributed by atoms with Gasteiger partial charge in [0.2, 0.25) is 0 Å². The summed E-state index contributed by atoms with van der Waals surface area (Å²) in [5.74, 6) is 2.60. The summed E-state index contributed by atoms with van der Waals surface area (Å²) in [6.45, 7) is 8.35. The van der Waals surface area contributed by atoms with Crippen LogP contribution in [0.1, 0.15) is 19.4 Å². The fraction of sp³-hybridized carbons (Fsp3) is 0.429. The predicted molar refractivity (Wildman–Crippen MR) is 82.5 cm³/mol. The molecule has 1 rings (SSSR count). The Kier molecular flexibility index (Phi) is 6.42. The van der Waals surface area contributed by atoms with Gasteiger partial charge in [0.15, 0.2) is 0 Å². The minimum atomic E-state index is -0.171. The van der Waals surface area contributed by atoms with E-state index in [4.69, 9.17) is 0 Å². The van der Waals surface area contributed by atoms with Crippen molar-refractivity contribution < 1.29 is 4.79 Å². The van der Waals surface area contributed by atoms with Crippen molar-refractivity contribution in [1.29, 1.82) is 0 Å². The second-order valence-electron chi connectivity index (χ2n) is 4.43. The van der Waals surface area contributed by atoms with Crippen molar-refractivity contribution in [3.63, 3.8) is 0 Å². The summed E-state index contributed by atoms with van der Waals surface area (Å²) in [6.07, 6.45) is 1.72. The van der Waals surface area contributed by atoms with Crippen LogP contribution in [0.15, 0.2) is 30.5 Å². The van der Waals surface area contributed by atoms with Gasteiger partial charge >= 0.3 is 6.03 Å². The minimum absolute atomic E-state index is 0.171. The Balaban J connectivity index is 2.61. The maximum atomic E-state index is 11.9. The molecule has 1 N–H and O–H groups in total. The van der Waals surface area contributed by atoms with Crippen LogP contribution in [0.3, 0.4) is 0 Å². The molecule has 0 aliphatic rings. The number of hydrogen-bond acceptors (Lipinski definition) is 3. The SMILES string of the molecule is C=C(C)CN(C)C(=O)Nc1cc(CSCC)ccn1. The quantitative estimate of drug-likeness (QED) is 0.812. The Morgan fingerprint density at radius 2 is 2.32 bits per heavy atom. The third-order valence-corrected chi connectivity index (χ3v) is 3.33. The molecule has 0 aliphatic heterocycles. The molecule has 2 amide bonds. The van der Waals surface area contributed by atoms with Crippen molar-refractivity contribution in [2.45, 2.75) is 19.6 Å². The van der Waals surface area contributed by atoms with E-state index >= 15 is 0 Å². The highest BCUT2D eigenvalue weighted by molar-refractivity contribution is 7.98. The van der Waals surface area contributed by atoms with Crippen LogP contribution in [0.4, 0.5) is 10.6 Å². The number of anilines is 1. The zero-order valence-corrected chi connectivity index (χ0v) is 12.6. The number of amides is 2. The molecule has 0 bridgehead atoms. The van der Waals surface area contributed by atoms with Crippen LogP contribution in [0.5, 0.6) is 0 Å². The summed E-state index contributed by atoms with van der Waals surface area (Å²) in [5, 5.41) is 2.79. The first-order valence-electron chi connectivity index (χ1n) is 6.22. The molecule has 104 valence electrons. The molecule has 5 heteroatoms. The van der Waals surface area contributed by atoms with Crippen LogP contribution < -0.4 is 5.32 Å². The number of hydrogen-bond donors (Lipinski definition) is 1. The van der Waals surface area contributed by atoms with Gasteiger partial charge in [0, 0.05) is 25.5 Å². The molecular weight excluding hydrogens is 258 g/mol. The standard InChI is InChI=1S/C14H21N3OS/c1-5-19-10-12-6-7-15-13(8-12)16-14(18)17(4)9-11(2)3/h6-8H,2,5,9-10H2,1,3-4H3,(H,15,16,18). The lowest BCUT2D eigenvalue weighted by molar-refractivity contribution is 0.226. The van der Waals surface area contributed by atoms with E-state index in [1.54, 1.807) is 18.1 Å². The number of rotatable bonds is 6. The van der Waals surface area contributed by atoms with Crippen LogP contribution in [-0.2, 0) is 5.75 Å². The minimum Gasteiger partial charge on any atom is -0.324 e. The van der Waals surface area contributed by atoms with E-state index in [0.717, 1.165) is 17.1 Å². The van der Waals surface area contributed by atoms with Crippen LogP contribution in [0, 0.1) is 0 Å². The van der Waals surface area contributed by atoms with Crippen molar-refractivity contribution in [2.75, 3.05) is 24.7 Å². The van der Waals surface area contributed by atoms with Gasteiger partial charge in [0.05, 0.1) is 0 Å². The molecule has 0 fully saturated rings. The lowest BCUT2D eigenvalue weighted by Crippen LogP contribution is -2.32. The number of pyridine rings is 1. The van der Waals surface area contributed by atoms with Gasteiger partial charge in [-0.2, -0.15) is 11.8 Å². The van der Waals surface area contributed by atoms with Gasteiger partial charge in [-0.3, -0.25) is 5.32 Å². The Labute approximate surface area is 119 Å². The zero-order chi connectivity index (χ0) is 14.3. The van der Waals surface area contributed by atoms with Gasteiger partial charge in [0.1, 0.15) is 5.82 Å². The van der Waals surface area contributed by atoms with E-state index in [-0.39, 0.29) is 6.03 Å². The first kappa shape index (κ1) is 15.6. The average molecular weight is 279 g/mol. The molecule has 0 saturated carbocycles. The molecule has 0 spiro atoms. The molecule has 0 saturated heterocycles. The van der Waals surface area contributed by atoms with E-state index in [1.807, 2.05) is 30.8 Å². The van der Waals surface area contributed by atoms with E-state index in [1.165, 1.54) is 5.56 Å². The number of nitrogens with zero attached hydrogens (tertiary/aromatic N) is 2. The smallest absolute Gasteiger partial charge is 0.323 e. The normalized spacial score (nSPS) is 10.1. The van der Waals surface area contributed by atoms with Crippen LogP contribution in [0.2, 0.25) is 0 Å². The summed E-state index contributed by atoms with van der Waals surface area (Å²) in [5.41, 5.74) is 2.11. The van der Waals surface area contributed by atoms with E-state index in [9.17, 15) is 4.79 Å². The van der Waals surface area contributed by atoms with Crippen molar-refractivity contribution in [2.24, 2.45) is 0 Å². The molecular formula is C14H21N3OS. The maximum absolute atomic E-state index is 11.9. The Bertz CT molecular complexity index is 448. The fourth-order valence-corrected chi connectivity index (χ4v) is 2.15. The summed E-state index contributed by atoms with van der Waals surface area (Å²) in [7, 11) is 1.74. The second kappa shape index (κ2) is 7.84. The number of urea groups is 1. The van der Waals surface area contributed by atoms with E-state index in [2.05, 4.69) is 23.8 Å². The Morgan fingerprint density at radius 1 is 1.58 bits per heavy atom. The molecule has 0 aliphatic carbocycles. The Hall–Kier alpha value is -1.49. The van der Waals surface area contributed by atoms with Crippen molar-refractivity contribution in [3.05, 3.63) is 36.0 Å². The molecule has 19 heavy (non-hydrogen) atoms. The molecule has 0 aromatic carbocycles. The van der Waals surface area contributed by atoms with Crippen molar-refractivity contribution >= 4 is 23.6 Å². The summed E-state index contributed by atoms with van der Waals surface area (Å²) in [6, 6.07) is 3.71. The zero-order valence-electron chi connectivity index (χ0n) is 11.8. The molecule has 0 atom stereocenters. The Morgan fingerprint density at radius 3 is 2.95 bits per heavy atom. The predicted octanol–water partition coefficient (Wildman–Crippen LogP) is 3.37. The van der Waals surface area contributed by atoms with Crippen LogP contribution >= 0.6 is 11.8 Å². The second-order valence-corrected chi connectivity index (χ2v) is 5.70. The van der Waals surface area contributed by atoms with Gasteiger partial charge in [-0.1, -0.05) is 19.1 Å². The number of carbonyl (C=O) groups excluding carboxylic acids is 1. The highest BCUT2D eigenvalue weighted by atomic mass is 32.2. The number of thioether (sulfide) groups is 1. The summed E-state index contributed by atoms with van der Waals surface area (Å²) >= 11 is 1.84. The fourth-order valence-electron chi connectivity index (χ4n) is 1.53. The van der Waals surface area contributed by atoms with Gasteiger partial charge in [-0.15, -0.1) is 0 Å². The number of aromatic nitrogens is 1. The molecule has 1 aromatic rings. The van der Waals surface area contributed by atoms with Gasteiger partial charge in [-0.25, -0.2) is 9.78 Å². The molecule has 0 unspecified atom stereocenters. The third kappa shape index (κ3) is 5.79. The monoisotopic (exact) mass is 279 g/mol. The summed E-state index contributed by atoms with van der Waals surface area (Å²) < 4.78 is 0. The lowest BCUT2D eigenvalue weighted by atomic mass is 10.3. The topological polar surface area (TPSA) is 45.2 Å². The molecule has 4 nitrogen and oxygen atoms in total. The molecule has 1 heterocycles. The van der Waals surface area contributed by atoms with Crippen LogP contribution in [-0.4, -0.2) is 35.3 Å². The highest BCUT2D eigenvalue weighted by Gasteiger charge is 2.09. The van der Waals surface area contributed by atoms with E-state index in [0.29, 0.717) is 12.4 Å². The molecule has 1 aromatic heterocycles. The first-order valence-corrected chi connectivity index (χ1v) is 7.37. The van der Waals surface area contributed by atoms with Gasteiger partial charge < -0.3 is 4.90 Å². The summed E-state index contributed by atoms with van der Waals surface area (Å²) in [4.78, 5) is 17.6. The number of likely N-dealkylation sites (N-methyl/N-ethyl adjacent to an activating group) is 1. The van der Waals surface area contributed by atoms with Crippen molar-refractivity contribution in [3.8, 4) is 0 Å². The number of nitrogens with one attached hydrogen (secondary N) is 1. The highest BCUT2D eigenvalue weighted by Crippen LogP contribution is 2.14. The van der Waals surface area contributed by atoms with Gasteiger partial charge in [-0.05, 0) is 30.4 Å². The van der Waals surface area contributed by atoms with E-state index < -0.39 is 0 Å². The largest absolute Gasteiger partial charge is 0.324 e.